The van der Waals surface area contributed by atoms with Crippen molar-refractivity contribution < 1.29 is 0 Å². The van der Waals surface area contributed by atoms with E-state index in [4.69, 9.17) is 0 Å². The van der Waals surface area contributed by atoms with Crippen LogP contribution in [0.1, 0.15) is 24.8 Å². The minimum atomic E-state index is 0.887. The van der Waals surface area contributed by atoms with Crippen molar-refractivity contribution in [1.29, 1.82) is 0 Å². The van der Waals surface area contributed by atoms with Crippen molar-refractivity contribution >= 4 is 0 Å². The van der Waals surface area contributed by atoms with Gasteiger partial charge in [-0.2, -0.15) is 0 Å². The SMILES string of the molecule is c1cc(CNCCC2CCCNC2)c[nH]1. The van der Waals surface area contributed by atoms with Crippen LogP contribution in [0.15, 0.2) is 18.5 Å². The van der Waals surface area contributed by atoms with Crippen molar-refractivity contribution in [2.45, 2.75) is 25.8 Å². The topological polar surface area (TPSA) is 39.8 Å². The van der Waals surface area contributed by atoms with Gasteiger partial charge in [0.1, 0.15) is 0 Å². The molecule has 1 unspecified atom stereocenters. The molecule has 1 atom stereocenters. The number of nitrogens with one attached hydrogen (secondary N) is 3. The molecule has 15 heavy (non-hydrogen) atoms. The normalized spacial score (nSPS) is 21.7. The highest BCUT2D eigenvalue weighted by Gasteiger charge is 2.11. The molecule has 0 radical (unpaired) electrons. The molecule has 0 aliphatic carbocycles. The van der Waals surface area contributed by atoms with E-state index in [1.54, 1.807) is 0 Å². The second-order valence-electron chi connectivity index (χ2n) is 4.40. The van der Waals surface area contributed by atoms with Crippen molar-refractivity contribution in [3.8, 4) is 0 Å². The highest BCUT2D eigenvalue weighted by atomic mass is 14.9. The van der Waals surface area contributed by atoms with Gasteiger partial charge in [-0.3, -0.25) is 0 Å². The number of rotatable bonds is 5. The molecule has 3 nitrogen and oxygen atoms in total. The number of aromatic amines is 1. The minimum absolute atomic E-state index is 0.887. The molecule has 1 aromatic rings. The van der Waals surface area contributed by atoms with Gasteiger partial charge in [0.05, 0.1) is 0 Å². The third-order valence-corrected chi connectivity index (χ3v) is 3.12. The zero-order chi connectivity index (χ0) is 10.3. The van der Waals surface area contributed by atoms with E-state index in [0.717, 1.165) is 19.0 Å². The van der Waals surface area contributed by atoms with Gasteiger partial charge >= 0.3 is 0 Å². The summed E-state index contributed by atoms with van der Waals surface area (Å²) in [6, 6.07) is 2.12. The summed E-state index contributed by atoms with van der Waals surface area (Å²) in [5.74, 6) is 0.887. The Morgan fingerprint density at radius 2 is 2.47 bits per heavy atom. The lowest BCUT2D eigenvalue weighted by Gasteiger charge is -2.22. The Hall–Kier alpha value is -0.800. The van der Waals surface area contributed by atoms with Crippen LogP contribution in [0.4, 0.5) is 0 Å². The molecule has 3 heteroatoms. The summed E-state index contributed by atoms with van der Waals surface area (Å²) < 4.78 is 0. The van der Waals surface area contributed by atoms with Crippen LogP contribution in [0.3, 0.4) is 0 Å². The number of H-pyrrole nitrogens is 1. The molecule has 0 saturated carbocycles. The van der Waals surface area contributed by atoms with Crippen LogP contribution in [0, 0.1) is 5.92 Å². The van der Waals surface area contributed by atoms with E-state index in [-0.39, 0.29) is 0 Å². The summed E-state index contributed by atoms with van der Waals surface area (Å²) in [6.07, 6.45) is 8.08. The quantitative estimate of drug-likeness (QED) is 0.640. The van der Waals surface area contributed by atoms with Crippen LogP contribution in [-0.2, 0) is 6.54 Å². The van der Waals surface area contributed by atoms with Crippen LogP contribution >= 0.6 is 0 Å². The summed E-state index contributed by atoms with van der Waals surface area (Å²) in [5, 5.41) is 6.94. The second-order valence-corrected chi connectivity index (χ2v) is 4.40. The highest BCUT2D eigenvalue weighted by molar-refractivity contribution is 5.07. The van der Waals surface area contributed by atoms with Crippen LogP contribution in [0.2, 0.25) is 0 Å². The maximum absolute atomic E-state index is 3.49. The van der Waals surface area contributed by atoms with Crippen molar-refractivity contribution in [3.05, 3.63) is 24.0 Å². The highest BCUT2D eigenvalue weighted by Crippen LogP contribution is 2.12. The molecule has 84 valence electrons. The van der Waals surface area contributed by atoms with Gasteiger partial charge in [-0.05, 0) is 56.4 Å². The molecule has 1 aliphatic rings. The monoisotopic (exact) mass is 207 g/mol. The Balaban J connectivity index is 1.54. The maximum Gasteiger partial charge on any atom is 0.0220 e. The third-order valence-electron chi connectivity index (χ3n) is 3.12. The van der Waals surface area contributed by atoms with E-state index in [1.807, 2.05) is 6.20 Å². The molecular weight excluding hydrogens is 186 g/mol. The Bertz CT molecular complexity index is 250. The Kier molecular flexibility index (Phi) is 4.23. The van der Waals surface area contributed by atoms with Crippen molar-refractivity contribution in [3.63, 3.8) is 0 Å². The molecule has 2 heterocycles. The summed E-state index contributed by atoms with van der Waals surface area (Å²) in [4.78, 5) is 3.07. The summed E-state index contributed by atoms with van der Waals surface area (Å²) in [7, 11) is 0. The lowest BCUT2D eigenvalue weighted by atomic mass is 9.96. The van der Waals surface area contributed by atoms with E-state index in [9.17, 15) is 0 Å². The number of hydrogen-bond acceptors (Lipinski definition) is 2. The molecule has 1 saturated heterocycles. The van der Waals surface area contributed by atoms with Crippen LogP contribution in [0.5, 0.6) is 0 Å². The molecule has 0 amide bonds. The Morgan fingerprint density at radius 3 is 3.20 bits per heavy atom. The third kappa shape index (κ3) is 3.68. The predicted octanol–water partition coefficient (Wildman–Crippen LogP) is 1.49. The van der Waals surface area contributed by atoms with Gasteiger partial charge in [0.25, 0.3) is 0 Å². The van der Waals surface area contributed by atoms with Gasteiger partial charge in [-0.1, -0.05) is 0 Å². The fraction of sp³-hybridized carbons (Fsp3) is 0.667. The molecule has 3 N–H and O–H groups in total. The second kappa shape index (κ2) is 5.93. The fourth-order valence-corrected chi connectivity index (χ4v) is 2.18. The number of piperidine rings is 1. The summed E-state index contributed by atoms with van der Waals surface area (Å²) in [6.45, 7) is 4.56. The van der Waals surface area contributed by atoms with Gasteiger partial charge in [0.2, 0.25) is 0 Å². The zero-order valence-electron chi connectivity index (χ0n) is 9.26. The van der Waals surface area contributed by atoms with E-state index in [0.29, 0.717) is 0 Å². The molecular formula is C12H21N3. The lowest BCUT2D eigenvalue weighted by molar-refractivity contribution is 0.352. The molecule has 0 bridgehead atoms. The number of aromatic nitrogens is 1. The largest absolute Gasteiger partial charge is 0.367 e. The lowest BCUT2D eigenvalue weighted by Crippen LogP contribution is -2.31. The zero-order valence-corrected chi connectivity index (χ0v) is 9.26. The van der Waals surface area contributed by atoms with Crippen molar-refractivity contribution in [1.82, 2.24) is 15.6 Å². The van der Waals surface area contributed by atoms with Crippen LogP contribution in [-0.4, -0.2) is 24.6 Å². The van der Waals surface area contributed by atoms with Gasteiger partial charge < -0.3 is 15.6 Å². The summed E-state index contributed by atoms with van der Waals surface area (Å²) >= 11 is 0. The smallest absolute Gasteiger partial charge is 0.0220 e. The minimum Gasteiger partial charge on any atom is -0.367 e. The standard InChI is InChI=1S/C12H21N3/c1-2-11(8-13-5-1)3-6-14-9-12-4-7-15-10-12/h4,7,10-11,13-15H,1-3,5-6,8-9H2. The summed E-state index contributed by atoms with van der Waals surface area (Å²) in [5.41, 5.74) is 1.34. The molecule has 1 aromatic heterocycles. The first kappa shape index (κ1) is 10.7. The molecule has 0 aromatic carbocycles. The Morgan fingerprint density at radius 1 is 1.47 bits per heavy atom. The van der Waals surface area contributed by atoms with E-state index in [2.05, 4.69) is 27.9 Å². The molecule has 1 aliphatic heterocycles. The van der Waals surface area contributed by atoms with E-state index in [1.165, 1.54) is 37.9 Å². The first-order valence-corrected chi connectivity index (χ1v) is 5.98. The van der Waals surface area contributed by atoms with E-state index < -0.39 is 0 Å². The molecule has 0 spiro atoms. The fourth-order valence-electron chi connectivity index (χ4n) is 2.18. The maximum atomic E-state index is 3.49. The molecule has 1 fully saturated rings. The van der Waals surface area contributed by atoms with Gasteiger partial charge in [-0.15, -0.1) is 0 Å². The van der Waals surface area contributed by atoms with Crippen LogP contribution in [0.25, 0.3) is 0 Å². The number of hydrogen-bond donors (Lipinski definition) is 3. The van der Waals surface area contributed by atoms with E-state index >= 15 is 0 Å². The van der Waals surface area contributed by atoms with Crippen LogP contribution < -0.4 is 10.6 Å². The van der Waals surface area contributed by atoms with Gasteiger partial charge in [0, 0.05) is 18.9 Å². The van der Waals surface area contributed by atoms with Gasteiger partial charge in [-0.25, -0.2) is 0 Å². The first-order chi connectivity index (χ1) is 7.45. The van der Waals surface area contributed by atoms with Crippen molar-refractivity contribution in [2.75, 3.05) is 19.6 Å². The average Bonchev–Trinajstić information content (AvgIpc) is 2.79. The van der Waals surface area contributed by atoms with Crippen molar-refractivity contribution in [2.24, 2.45) is 5.92 Å². The predicted molar refractivity (Wildman–Crippen MR) is 62.7 cm³/mol. The first-order valence-electron chi connectivity index (χ1n) is 5.98. The average molecular weight is 207 g/mol. The van der Waals surface area contributed by atoms with Gasteiger partial charge in [0.15, 0.2) is 0 Å². The Labute approximate surface area is 91.7 Å². The molecule has 2 rings (SSSR count).